The van der Waals surface area contributed by atoms with E-state index in [0.29, 0.717) is 27.6 Å². The maximum absolute atomic E-state index is 12.4. The topological polar surface area (TPSA) is 64.3 Å². The van der Waals surface area contributed by atoms with Gasteiger partial charge in [0.15, 0.2) is 0 Å². The van der Waals surface area contributed by atoms with Gasteiger partial charge in [-0.05, 0) is 31.2 Å². The van der Waals surface area contributed by atoms with Crippen molar-refractivity contribution in [3.8, 4) is 5.75 Å². The Labute approximate surface area is 128 Å². The number of hydrogen-bond donors (Lipinski definition) is 2. The van der Waals surface area contributed by atoms with Gasteiger partial charge in [0.25, 0.3) is 5.91 Å². The summed E-state index contributed by atoms with van der Waals surface area (Å²) in [6.45, 7) is 1.92. The Morgan fingerprint density at radius 1 is 1.24 bits per heavy atom. The highest BCUT2D eigenvalue weighted by Crippen LogP contribution is 2.21. The Morgan fingerprint density at radius 2 is 2.00 bits per heavy atom. The van der Waals surface area contributed by atoms with E-state index in [-0.39, 0.29) is 5.91 Å². The molecule has 0 atom stereocenters. The van der Waals surface area contributed by atoms with Gasteiger partial charge in [-0.15, -0.1) is 0 Å². The molecule has 5 heteroatoms. The SMILES string of the molecule is COc1ccc(C)cc1C(=O)Nc1cccc(C(N)=S)c1. The van der Waals surface area contributed by atoms with Crippen molar-refractivity contribution in [1.29, 1.82) is 0 Å². The monoisotopic (exact) mass is 300 g/mol. The summed E-state index contributed by atoms with van der Waals surface area (Å²) in [5.74, 6) is 0.291. The molecule has 3 N–H and O–H groups in total. The van der Waals surface area contributed by atoms with E-state index < -0.39 is 0 Å². The molecule has 2 rings (SSSR count). The number of aryl methyl sites for hydroxylation is 1. The standard InChI is InChI=1S/C16H16N2O2S/c1-10-6-7-14(20-2)13(8-10)16(19)18-12-5-3-4-11(9-12)15(17)21/h3-9H,1-2H3,(H2,17,21)(H,18,19). The number of rotatable bonds is 4. The number of carbonyl (C=O) groups is 1. The number of carbonyl (C=O) groups excluding carboxylic acids is 1. The number of benzene rings is 2. The molecule has 0 fully saturated rings. The van der Waals surface area contributed by atoms with Crippen LogP contribution in [0.25, 0.3) is 0 Å². The zero-order valence-corrected chi connectivity index (χ0v) is 12.7. The van der Waals surface area contributed by atoms with Crippen molar-refractivity contribution in [3.63, 3.8) is 0 Å². The first-order valence-corrected chi connectivity index (χ1v) is 6.78. The number of ether oxygens (including phenoxy) is 1. The Morgan fingerprint density at radius 3 is 2.67 bits per heavy atom. The predicted octanol–water partition coefficient (Wildman–Crippen LogP) is 2.89. The lowest BCUT2D eigenvalue weighted by atomic mass is 10.1. The van der Waals surface area contributed by atoms with E-state index >= 15 is 0 Å². The van der Waals surface area contributed by atoms with Crippen LogP contribution in [-0.4, -0.2) is 18.0 Å². The molecule has 0 heterocycles. The summed E-state index contributed by atoms with van der Waals surface area (Å²) in [4.78, 5) is 12.7. The van der Waals surface area contributed by atoms with Gasteiger partial charge in [-0.2, -0.15) is 0 Å². The molecule has 21 heavy (non-hydrogen) atoms. The van der Waals surface area contributed by atoms with Crippen LogP contribution in [0.1, 0.15) is 21.5 Å². The number of methoxy groups -OCH3 is 1. The number of anilines is 1. The minimum Gasteiger partial charge on any atom is -0.496 e. The Kier molecular flexibility index (Phi) is 4.55. The first-order chi connectivity index (χ1) is 10.0. The molecular weight excluding hydrogens is 284 g/mol. The van der Waals surface area contributed by atoms with Crippen molar-refractivity contribution in [2.45, 2.75) is 6.92 Å². The van der Waals surface area contributed by atoms with Crippen LogP contribution in [0.15, 0.2) is 42.5 Å². The zero-order valence-electron chi connectivity index (χ0n) is 11.8. The van der Waals surface area contributed by atoms with Crippen LogP contribution in [0, 0.1) is 6.92 Å². The average Bonchev–Trinajstić information content (AvgIpc) is 2.47. The Hall–Kier alpha value is -2.40. The number of amides is 1. The molecule has 0 aliphatic heterocycles. The summed E-state index contributed by atoms with van der Waals surface area (Å²) >= 11 is 4.93. The summed E-state index contributed by atoms with van der Waals surface area (Å²) in [7, 11) is 1.54. The third-order valence-corrected chi connectivity index (χ3v) is 3.24. The molecule has 0 bridgehead atoms. The molecule has 2 aromatic rings. The van der Waals surface area contributed by atoms with E-state index in [1.165, 1.54) is 7.11 Å². The molecule has 108 valence electrons. The third-order valence-electron chi connectivity index (χ3n) is 3.00. The van der Waals surface area contributed by atoms with E-state index in [0.717, 1.165) is 5.56 Å². The summed E-state index contributed by atoms with van der Waals surface area (Å²) < 4.78 is 5.22. The fourth-order valence-corrected chi connectivity index (χ4v) is 2.07. The highest BCUT2D eigenvalue weighted by atomic mass is 32.1. The number of thiocarbonyl (C=S) groups is 1. The van der Waals surface area contributed by atoms with Gasteiger partial charge in [-0.1, -0.05) is 36.0 Å². The molecule has 1 amide bonds. The molecule has 0 saturated carbocycles. The van der Waals surface area contributed by atoms with E-state index in [2.05, 4.69) is 5.32 Å². The minimum atomic E-state index is -0.240. The molecule has 4 nitrogen and oxygen atoms in total. The lowest BCUT2D eigenvalue weighted by Crippen LogP contribution is -2.15. The van der Waals surface area contributed by atoms with Crippen LogP contribution >= 0.6 is 12.2 Å². The second kappa shape index (κ2) is 6.37. The third kappa shape index (κ3) is 3.58. The van der Waals surface area contributed by atoms with Crippen LogP contribution in [-0.2, 0) is 0 Å². The van der Waals surface area contributed by atoms with Crippen LogP contribution in [0.2, 0.25) is 0 Å². The molecule has 0 saturated heterocycles. The molecule has 0 aliphatic carbocycles. The van der Waals surface area contributed by atoms with Crippen molar-refractivity contribution in [1.82, 2.24) is 0 Å². The maximum Gasteiger partial charge on any atom is 0.259 e. The lowest BCUT2D eigenvalue weighted by molar-refractivity contribution is 0.102. The van der Waals surface area contributed by atoms with Gasteiger partial charge in [-0.25, -0.2) is 0 Å². The zero-order chi connectivity index (χ0) is 15.4. The van der Waals surface area contributed by atoms with Crippen LogP contribution in [0.5, 0.6) is 5.75 Å². The number of nitrogens with two attached hydrogens (primary N) is 1. The summed E-state index contributed by atoms with van der Waals surface area (Å²) in [5, 5.41) is 2.82. The van der Waals surface area contributed by atoms with Crippen molar-refractivity contribution in [2.75, 3.05) is 12.4 Å². The van der Waals surface area contributed by atoms with E-state index in [9.17, 15) is 4.79 Å². The largest absolute Gasteiger partial charge is 0.496 e. The molecule has 0 spiro atoms. The molecular formula is C16H16N2O2S. The highest BCUT2D eigenvalue weighted by Gasteiger charge is 2.13. The Bertz CT molecular complexity index is 698. The van der Waals surface area contributed by atoms with Crippen LogP contribution < -0.4 is 15.8 Å². The van der Waals surface area contributed by atoms with E-state index in [4.69, 9.17) is 22.7 Å². The van der Waals surface area contributed by atoms with Crippen LogP contribution in [0.3, 0.4) is 0 Å². The normalized spacial score (nSPS) is 10.0. The first-order valence-electron chi connectivity index (χ1n) is 6.37. The maximum atomic E-state index is 12.4. The minimum absolute atomic E-state index is 0.240. The number of nitrogens with one attached hydrogen (secondary N) is 1. The van der Waals surface area contributed by atoms with E-state index in [1.54, 1.807) is 36.4 Å². The van der Waals surface area contributed by atoms with Gasteiger partial charge in [0.05, 0.1) is 12.7 Å². The van der Waals surface area contributed by atoms with Crippen molar-refractivity contribution in [2.24, 2.45) is 5.73 Å². The summed E-state index contributed by atoms with van der Waals surface area (Å²) in [5.41, 5.74) is 8.40. The quantitative estimate of drug-likeness (QED) is 0.852. The smallest absolute Gasteiger partial charge is 0.259 e. The molecule has 0 radical (unpaired) electrons. The molecule has 0 aliphatic rings. The van der Waals surface area contributed by atoms with Crippen molar-refractivity contribution >= 4 is 28.8 Å². The van der Waals surface area contributed by atoms with Crippen molar-refractivity contribution in [3.05, 3.63) is 59.2 Å². The fourth-order valence-electron chi connectivity index (χ4n) is 1.95. The van der Waals surface area contributed by atoms with Gasteiger partial charge in [-0.3, -0.25) is 4.79 Å². The van der Waals surface area contributed by atoms with Gasteiger partial charge >= 0.3 is 0 Å². The predicted molar refractivity (Wildman–Crippen MR) is 88.0 cm³/mol. The highest BCUT2D eigenvalue weighted by molar-refractivity contribution is 7.80. The van der Waals surface area contributed by atoms with Crippen molar-refractivity contribution < 1.29 is 9.53 Å². The first kappa shape index (κ1) is 15.0. The molecule has 0 unspecified atom stereocenters. The average molecular weight is 300 g/mol. The second-order valence-corrected chi connectivity index (χ2v) is 5.04. The van der Waals surface area contributed by atoms with Gasteiger partial charge in [0, 0.05) is 11.3 Å². The van der Waals surface area contributed by atoms with Gasteiger partial charge < -0.3 is 15.8 Å². The summed E-state index contributed by atoms with van der Waals surface area (Å²) in [6, 6.07) is 12.6. The number of hydrogen-bond acceptors (Lipinski definition) is 3. The van der Waals surface area contributed by atoms with Crippen LogP contribution in [0.4, 0.5) is 5.69 Å². The summed E-state index contributed by atoms with van der Waals surface area (Å²) in [6.07, 6.45) is 0. The van der Waals surface area contributed by atoms with Gasteiger partial charge in [0.2, 0.25) is 0 Å². The van der Waals surface area contributed by atoms with Gasteiger partial charge in [0.1, 0.15) is 10.7 Å². The van der Waals surface area contributed by atoms with E-state index in [1.807, 2.05) is 13.0 Å². The molecule has 0 aromatic heterocycles. The fraction of sp³-hybridized carbons (Fsp3) is 0.125. The molecule has 2 aromatic carbocycles. The lowest BCUT2D eigenvalue weighted by Gasteiger charge is -2.11. The second-order valence-electron chi connectivity index (χ2n) is 4.60. The Balaban J connectivity index is 2.28.